The molecule has 0 saturated carbocycles. The van der Waals surface area contributed by atoms with Crippen LogP contribution in [0.5, 0.6) is 0 Å². The lowest BCUT2D eigenvalue weighted by atomic mass is 10.2. The van der Waals surface area contributed by atoms with Crippen LogP contribution in [-0.2, 0) is 6.42 Å². The highest BCUT2D eigenvalue weighted by Gasteiger charge is 2.11. The van der Waals surface area contributed by atoms with Gasteiger partial charge in [0.15, 0.2) is 0 Å². The Balaban J connectivity index is 2.48. The molecule has 0 saturated heterocycles. The van der Waals surface area contributed by atoms with Crippen LogP contribution in [0.25, 0.3) is 0 Å². The molecule has 1 heterocycles. The minimum Gasteiger partial charge on any atom is -0.464 e. The summed E-state index contributed by atoms with van der Waals surface area (Å²) in [7, 11) is 4.11. The van der Waals surface area contributed by atoms with Gasteiger partial charge in [0.1, 0.15) is 11.5 Å². The first-order chi connectivity index (χ1) is 7.15. The molecule has 0 spiro atoms. The van der Waals surface area contributed by atoms with Crippen molar-refractivity contribution < 1.29 is 4.42 Å². The number of hydrogen-bond acceptors (Lipinski definition) is 3. The van der Waals surface area contributed by atoms with Crippen LogP contribution in [0.3, 0.4) is 0 Å². The molecule has 1 rings (SSSR count). The van der Waals surface area contributed by atoms with E-state index in [0.29, 0.717) is 6.04 Å². The molecule has 0 aliphatic heterocycles. The first-order valence-electron chi connectivity index (χ1n) is 5.60. The molecule has 2 N–H and O–H groups in total. The fraction of sp³-hybridized carbons (Fsp3) is 0.667. The summed E-state index contributed by atoms with van der Waals surface area (Å²) in [5.74, 6) is 2.12. The highest BCUT2D eigenvalue weighted by Crippen LogP contribution is 2.20. The maximum absolute atomic E-state index is 5.77. The minimum atomic E-state index is 0.341. The quantitative estimate of drug-likeness (QED) is 0.732. The summed E-state index contributed by atoms with van der Waals surface area (Å²) in [5, 5.41) is 0. The molecule has 15 heavy (non-hydrogen) atoms. The Morgan fingerprint density at radius 1 is 1.33 bits per heavy atom. The molecule has 1 atom stereocenters. The van der Waals surface area contributed by atoms with Gasteiger partial charge in [-0.2, -0.15) is 0 Å². The number of unbranched alkanes of at least 4 members (excludes halogenated alkanes) is 1. The zero-order valence-corrected chi connectivity index (χ0v) is 9.99. The topological polar surface area (TPSA) is 42.4 Å². The first kappa shape index (κ1) is 12.3. The summed E-state index contributed by atoms with van der Waals surface area (Å²) in [6.45, 7) is 2.91. The molecule has 1 aromatic heterocycles. The van der Waals surface area contributed by atoms with Gasteiger partial charge in [-0.05, 0) is 52.5 Å². The average molecular weight is 210 g/mol. The van der Waals surface area contributed by atoms with E-state index in [2.05, 4.69) is 38.1 Å². The van der Waals surface area contributed by atoms with Crippen molar-refractivity contribution in [3.8, 4) is 0 Å². The van der Waals surface area contributed by atoms with Gasteiger partial charge in [0.2, 0.25) is 0 Å². The Morgan fingerprint density at radius 2 is 2.07 bits per heavy atom. The molecule has 0 aliphatic rings. The van der Waals surface area contributed by atoms with Gasteiger partial charge < -0.3 is 10.2 Å². The van der Waals surface area contributed by atoms with Gasteiger partial charge in [0.25, 0.3) is 0 Å². The third kappa shape index (κ3) is 3.68. The largest absolute Gasteiger partial charge is 0.464 e. The molecular weight excluding hydrogens is 188 g/mol. The van der Waals surface area contributed by atoms with E-state index in [1.807, 2.05) is 0 Å². The van der Waals surface area contributed by atoms with Crippen molar-refractivity contribution in [2.24, 2.45) is 5.73 Å². The molecule has 3 nitrogen and oxygen atoms in total. The van der Waals surface area contributed by atoms with Crippen molar-refractivity contribution in [2.45, 2.75) is 32.2 Å². The van der Waals surface area contributed by atoms with Gasteiger partial charge in [0, 0.05) is 6.42 Å². The van der Waals surface area contributed by atoms with Crippen molar-refractivity contribution in [1.82, 2.24) is 4.90 Å². The van der Waals surface area contributed by atoms with E-state index in [0.717, 1.165) is 37.3 Å². The van der Waals surface area contributed by atoms with Crippen molar-refractivity contribution in [1.29, 1.82) is 0 Å². The smallest absolute Gasteiger partial charge is 0.121 e. The zero-order chi connectivity index (χ0) is 11.3. The number of nitrogens with two attached hydrogens (primary N) is 1. The van der Waals surface area contributed by atoms with E-state index in [9.17, 15) is 0 Å². The Kier molecular flexibility index (Phi) is 4.85. The molecule has 0 bridgehead atoms. The monoisotopic (exact) mass is 210 g/mol. The van der Waals surface area contributed by atoms with E-state index >= 15 is 0 Å². The van der Waals surface area contributed by atoms with Crippen molar-refractivity contribution in [2.75, 3.05) is 20.6 Å². The van der Waals surface area contributed by atoms with Crippen molar-refractivity contribution in [3.63, 3.8) is 0 Å². The summed E-state index contributed by atoms with van der Waals surface area (Å²) >= 11 is 0. The van der Waals surface area contributed by atoms with E-state index in [1.54, 1.807) is 0 Å². The van der Waals surface area contributed by atoms with Gasteiger partial charge in [-0.25, -0.2) is 0 Å². The minimum absolute atomic E-state index is 0.341. The number of aryl methyl sites for hydroxylation is 1. The Hall–Kier alpha value is -0.800. The molecule has 0 aliphatic carbocycles. The van der Waals surface area contributed by atoms with Crippen molar-refractivity contribution in [3.05, 3.63) is 23.7 Å². The molecule has 86 valence electrons. The molecular formula is C12H22N2O. The Morgan fingerprint density at radius 3 is 2.67 bits per heavy atom. The zero-order valence-electron chi connectivity index (χ0n) is 9.99. The third-order valence-electron chi connectivity index (χ3n) is 2.75. The van der Waals surface area contributed by atoms with Crippen LogP contribution < -0.4 is 5.73 Å². The molecule has 0 radical (unpaired) electrons. The summed E-state index contributed by atoms with van der Waals surface area (Å²) < 4.78 is 5.77. The lowest BCUT2D eigenvalue weighted by Crippen LogP contribution is -2.15. The van der Waals surface area contributed by atoms with Crippen LogP contribution >= 0.6 is 0 Å². The highest BCUT2D eigenvalue weighted by atomic mass is 16.3. The maximum atomic E-state index is 5.77. The standard InChI is InChI=1S/C12H22N2O/c1-10(14(2)3)12-8-7-11(15-12)6-4-5-9-13/h7-8,10H,4-6,9,13H2,1-3H3. The molecule has 1 unspecified atom stereocenters. The van der Waals surface area contributed by atoms with Crippen molar-refractivity contribution >= 4 is 0 Å². The number of nitrogens with zero attached hydrogens (tertiary/aromatic N) is 1. The summed E-state index contributed by atoms with van der Waals surface area (Å²) in [5.41, 5.74) is 5.45. The molecule has 0 amide bonds. The second-order valence-corrected chi connectivity index (χ2v) is 4.19. The number of furan rings is 1. The normalized spacial score (nSPS) is 13.4. The summed E-state index contributed by atoms with van der Waals surface area (Å²) in [6.07, 6.45) is 3.18. The fourth-order valence-electron chi connectivity index (χ4n) is 1.45. The molecule has 0 fully saturated rings. The van der Waals surface area contributed by atoms with Crippen LogP contribution in [0.15, 0.2) is 16.5 Å². The van der Waals surface area contributed by atoms with Crippen LogP contribution in [0.1, 0.15) is 37.3 Å². The van der Waals surface area contributed by atoms with E-state index in [4.69, 9.17) is 10.2 Å². The molecule has 0 aromatic carbocycles. The van der Waals surface area contributed by atoms with Crippen LogP contribution in [0.4, 0.5) is 0 Å². The van der Waals surface area contributed by atoms with E-state index in [1.165, 1.54) is 0 Å². The number of hydrogen-bond donors (Lipinski definition) is 1. The van der Waals surface area contributed by atoms with Crippen LogP contribution in [0, 0.1) is 0 Å². The number of rotatable bonds is 6. The maximum Gasteiger partial charge on any atom is 0.121 e. The average Bonchev–Trinajstić information content (AvgIpc) is 2.65. The van der Waals surface area contributed by atoms with Gasteiger partial charge in [-0.15, -0.1) is 0 Å². The lowest BCUT2D eigenvalue weighted by molar-refractivity contribution is 0.272. The summed E-state index contributed by atoms with van der Waals surface area (Å²) in [4.78, 5) is 2.14. The van der Waals surface area contributed by atoms with Crippen LogP contribution in [-0.4, -0.2) is 25.5 Å². The Bertz CT molecular complexity index is 281. The fourth-order valence-corrected chi connectivity index (χ4v) is 1.45. The predicted octanol–water partition coefficient (Wildman–Crippen LogP) is 2.18. The van der Waals surface area contributed by atoms with Gasteiger partial charge in [-0.3, -0.25) is 4.90 Å². The van der Waals surface area contributed by atoms with E-state index < -0.39 is 0 Å². The Labute approximate surface area is 92.2 Å². The van der Waals surface area contributed by atoms with Gasteiger partial charge in [0.05, 0.1) is 6.04 Å². The molecule has 1 aromatic rings. The SMILES string of the molecule is CC(c1ccc(CCCCN)o1)N(C)C. The van der Waals surface area contributed by atoms with Crippen LogP contribution in [0.2, 0.25) is 0 Å². The van der Waals surface area contributed by atoms with Gasteiger partial charge >= 0.3 is 0 Å². The molecule has 3 heteroatoms. The summed E-state index contributed by atoms with van der Waals surface area (Å²) in [6, 6.07) is 4.49. The predicted molar refractivity (Wildman–Crippen MR) is 62.8 cm³/mol. The van der Waals surface area contributed by atoms with E-state index in [-0.39, 0.29) is 0 Å². The lowest BCUT2D eigenvalue weighted by Gasteiger charge is -2.16. The third-order valence-corrected chi connectivity index (χ3v) is 2.75. The second-order valence-electron chi connectivity index (χ2n) is 4.19. The second kappa shape index (κ2) is 5.93. The van der Waals surface area contributed by atoms with Gasteiger partial charge in [-0.1, -0.05) is 0 Å². The highest BCUT2D eigenvalue weighted by molar-refractivity contribution is 5.10. The first-order valence-corrected chi connectivity index (χ1v) is 5.60.